The zero-order chi connectivity index (χ0) is 21.9. The number of aliphatic hydroxyl groups is 1. The van der Waals surface area contributed by atoms with Crippen LogP contribution < -0.4 is 5.32 Å². The van der Waals surface area contributed by atoms with E-state index in [1.54, 1.807) is 6.08 Å². The van der Waals surface area contributed by atoms with Gasteiger partial charge in [-0.3, -0.25) is 15.6 Å². The van der Waals surface area contributed by atoms with Gasteiger partial charge in [-0.25, -0.2) is 0 Å². The summed E-state index contributed by atoms with van der Waals surface area (Å²) in [6, 6.07) is 0.0608. The highest BCUT2D eigenvalue weighted by Gasteiger charge is 2.54. The van der Waals surface area contributed by atoms with Crippen molar-refractivity contribution in [1.82, 2.24) is 15.1 Å². The minimum atomic E-state index is -0.362. The quantitative estimate of drug-likeness (QED) is 0.393. The molecule has 0 aromatic carbocycles. The second kappa shape index (κ2) is 7.16. The normalized spacial score (nSPS) is 27.8. The molecule has 7 nitrogen and oxygen atoms in total. The van der Waals surface area contributed by atoms with Crippen LogP contribution in [0.2, 0.25) is 0 Å². The fourth-order valence-corrected chi connectivity index (χ4v) is 6.72. The van der Waals surface area contributed by atoms with E-state index in [-0.39, 0.29) is 34.6 Å². The number of hydrogen-bond donors (Lipinski definition) is 4. The van der Waals surface area contributed by atoms with Crippen LogP contribution in [0.15, 0.2) is 12.2 Å². The van der Waals surface area contributed by atoms with Gasteiger partial charge in [0.2, 0.25) is 0 Å². The predicted molar refractivity (Wildman–Crippen MR) is 118 cm³/mol. The van der Waals surface area contributed by atoms with Crippen LogP contribution in [-0.4, -0.2) is 77.2 Å². The van der Waals surface area contributed by atoms with Crippen LogP contribution in [0.3, 0.4) is 0 Å². The monoisotopic (exact) mass is 415 g/mol. The van der Waals surface area contributed by atoms with E-state index in [4.69, 9.17) is 10.8 Å². The number of carbonyl (C=O) groups is 1. The molecule has 4 N–H and O–H groups in total. The van der Waals surface area contributed by atoms with E-state index >= 15 is 0 Å². The number of carbonyl (C=O) groups excluding carboxylic acids is 1. The third-order valence-corrected chi connectivity index (χ3v) is 7.67. The molecule has 4 fully saturated rings. The molecule has 0 aromatic heterocycles. The first-order chi connectivity index (χ1) is 13.9. The number of amides is 1. The zero-order valence-electron chi connectivity index (χ0n) is 18.8. The van der Waals surface area contributed by atoms with Crippen LogP contribution in [-0.2, 0) is 4.79 Å². The number of rotatable bonds is 6. The molecule has 1 spiro atoms. The Kier molecular flexibility index (Phi) is 5.13. The Morgan fingerprint density at radius 1 is 1.10 bits per heavy atom. The molecule has 1 amide bonds. The van der Waals surface area contributed by atoms with Crippen molar-refractivity contribution in [3.63, 3.8) is 0 Å². The summed E-state index contributed by atoms with van der Waals surface area (Å²) < 4.78 is 0. The van der Waals surface area contributed by atoms with Gasteiger partial charge in [0.05, 0.1) is 6.10 Å². The average Bonchev–Trinajstić information content (AvgIpc) is 2.54. The lowest BCUT2D eigenvalue weighted by Crippen LogP contribution is -2.66. The molecule has 4 rings (SSSR count). The summed E-state index contributed by atoms with van der Waals surface area (Å²) in [5.74, 6) is 0.585. The van der Waals surface area contributed by atoms with Gasteiger partial charge in [0.15, 0.2) is 0 Å². The number of hydrogen-bond acceptors (Lipinski definition) is 5. The Labute approximate surface area is 179 Å². The SMILES string of the molecule is CC1(C)CC(C)(C)C1NC(=O)C(=N)/C=C\C(=N)N1CC(CN2CC3(CC(O)C3)C2)C1. The first-order valence-corrected chi connectivity index (χ1v) is 11.2. The Morgan fingerprint density at radius 3 is 2.23 bits per heavy atom. The molecule has 0 radical (unpaired) electrons. The number of nitrogens with zero attached hydrogens (tertiary/aromatic N) is 2. The largest absolute Gasteiger partial charge is 0.393 e. The maximum absolute atomic E-state index is 12.4. The van der Waals surface area contributed by atoms with Crippen molar-refractivity contribution in [3.05, 3.63) is 12.2 Å². The third kappa shape index (κ3) is 3.94. The molecule has 2 aliphatic carbocycles. The lowest BCUT2D eigenvalue weighted by Gasteiger charge is -2.59. The molecular weight excluding hydrogens is 378 g/mol. The minimum absolute atomic E-state index is 0.0526. The molecule has 2 saturated heterocycles. The lowest BCUT2D eigenvalue weighted by molar-refractivity contribution is -0.134. The number of nitrogens with one attached hydrogen (secondary N) is 3. The van der Waals surface area contributed by atoms with Crippen molar-refractivity contribution in [3.8, 4) is 0 Å². The van der Waals surface area contributed by atoms with Crippen molar-refractivity contribution in [2.45, 2.75) is 59.1 Å². The van der Waals surface area contributed by atoms with Gasteiger partial charge < -0.3 is 20.2 Å². The number of amidine groups is 1. The van der Waals surface area contributed by atoms with Gasteiger partial charge in [0.1, 0.15) is 11.5 Å². The number of likely N-dealkylation sites (tertiary alicyclic amines) is 2. The summed E-state index contributed by atoms with van der Waals surface area (Å²) in [5, 5.41) is 28.8. The summed E-state index contributed by atoms with van der Waals surface area (Å²) in [5.41, 5.74) is 0.418. The van der Waals surface area contributed by atoms with E-state index in [0.717, 1.165) is 52.0 Å². The van der Waals surface area contributed by atoms with Gasteiger partial charge in [-0.15, -0.1) is 0 Å². The second-order valence-corrected chi connectivity index (χ2v) is 11.7. The van der Waals surface area contributed by atoms with Gasteiger partial charge in [-0.2, -0.15) is 0 Å². The van der Waals surface area contributed by atoms with Crippen molar-refractivity contribution in [2.24, 2.45) is 22.2 Å². The summed E-state index contributed by atoms with van der Waals surface area (Å²) in [7, 11) is 0. The first-order valence-electron chi connectivity index (χ1n) is 11.2. The molecule has 166 valence electrons. The van der Waals surface area contributed by atoms with Gasteiger partial charge in [0.25, 0.3) is 5.91 Å². The Hall–Kier alpha value is -1.73. The topological polar surface area (TPSA) is 104 Å². The Balaban J connectivity index is 1.16. The molecule has 0 bridgehead atoms. The van der Waals surface area contributed by atoms with Crippen molar-refractivity contribution in [1.29, 1.82) is 10.8 Å². The molecule has 0 unspecified atom stereocenters. The predicted octanol–water partition coefficient (Wildman–Crippen LogP) is 1.87. The molecule has 0 aromatic rings. The van der Waals surface area contributed by atoms with E-state index in [1.807, 2.05) is 4.90 Å². The fourth-order valence-electron chi connectivity index (χ4n) is 6.72. The van der Waals surface area contributed by atoms with E-state index < -0.39 is 0 Å². The Morgan fingerprint density at radius 2 is 1.70 bits per heavy atom. The van der Waals surface area contributed by atoms with Crippen molar-refractivity contribution in [2.75, 3.05) is 32.7 Å². The van der Waals surface area contributed by atoms with Crippen LogP contribution in [0.25, 0.3) is 0 Å². The molecule has 30 heavy (non-hydrogen) atoms. The highest BCUT2D eigenvalue weighted by Crippen LogP contribution is 2.53. The van der Waals surface area contributed by atoms with Gasteiger partial charge >= 0.3 is 0 Å². The molecule has 4 aliphatic rings. The lowest BCUT2D eigenvalue weighted by atomic mass is 9.52. The molecule has 0 atom stereocenters. The third-order valence-electron chi connectivity index (χ3n) is 7.67. The van der Waals surface area contributed by atoms with Crippen LogP contribution in [0, 0.1) is 33.0 Å². The fraction of sp³-hybridized carbons (Fsp3) is 0.783. The smallest absolute Gasteiger partial charge is 0.269 e. The van der Waals surface area contributed by atoms with Gasteiger partial charge in [0, 0.05) is 50.1 Å². The van der Waals surface area contributed by atoms with Crippen LogP contribution in [0.1, 0.15) is 47.0 Å². The standard InChI is InChI=1S/C23H37N5O2/c1-21(2)12-22(3,4)20(21)26-19(30)17(24)5-6-18(25)28-10-15(11-28)9-27-13-23(14-27)7-16(29)8-23/h5-6,15-16,20,24-25,29H,7-14H2,1-4H3,(H,26,30)/b6-5-,24-17?,25-18?. The summed E-state index contributed by atoms with van der Waals surface area (Å²) in [4.78, 5) is 16.9. The maximum Gasteiger partial charge on any atom is 0.269 e. The molecule has 2 heterocycles. The van der Waals surface area contributed by atoms with Crippen molar-refractivity contribution < 1.29 is 9.90 Å². The molecule has 2 saturated carbocycles. The molecular formula is C23H37N5O2. The molecule has 7 heteroatoms. The van der Waals surface area contributed by atoms with Crippen LogP contribution in [0.5, 0.6) is 0 Å². The van der Waals surface area contributed by atoms with Crippen LogP contribution >= 0.6 is 0 Å². The van der Waals surface area contributed by atoms with E-state index in [2.05, 4.69) is 37.9 Å². The highest BCUT2D eigenvalue weighted by atomic mass is 16.3. The highest BCUT2D eigenvalue weighted by molar-refractivity contribution is 6.42. The minimum Gasteiger partial charge on any atom is -0.393 e. The molecule has 2 aliphatic heterocycles. The summed E-state index contributed by atoms with van der Waals surface area (Å²) >= 11 is 0. The van der Waals surface area contributed by atoms with E-state index in [1.165, 1.54) is 6.08 Å². The van der Waals surface area contributed by atoms with E-state index in [0.29, 0.717) is 17.2 Å². The second-order valence-electron chi connectivity index (χ2n) is 11.7. The van der Waals surface area contributed by atoms with Crippen molar-refractivity contribution >= 4 is 17.5 Å². The van der Waals surface area contributed by atoms with E-state index in [9.17, 15) is 9.90 Å². The van der Waals surface area contributed by atoms with Gasteiger partial charge in [-0.1, -0.05) is 27.7 Å². The number of aliphatic hydroxyl groups excluding tert-OH is 1. The summed E-state index contributed by atoms with van der Waals surface area (Å²) in [6.07, 6.45) is 5.92. The van der Waals surface area contributed by atoms with Crippen LogP contribution in [0.4, 0.5) is 0 Å². The Bertz CT molecular complexity index is 752. The first kappa shape index (κ1) is 21.5. The van der Waals surface area contributed by atoms with Gasteiger partial charge in [-0.05, 0) is 42.2 Å². The summed E-state index contributed by atoms with van der Waals surface area (Å²) in [6.45, 7) is 13.6. The zero-order valence-corrected chi connectivity index (χ0v) is 18.8. The average molecular weight is 416 g/mol. The maximum atomic E-state index is 12.4.